The Morgan fingerprint density at radius 1 is 0.857 bits per heavy atom. The zero-order valence-corrected chi connectivity index (χ0v) is 21.2. The van der Waals surface area contributed by atoms with Gasteiger partial charge in [0.15, 0.2) is 0 Å². The first-order valence-corrected chi connectivity index (χ1v) is 10.1. The molecule has 0 aliphatic carbocycles. The smallest absolute Gasteiger partial charge is 0.512 e. The predicted octanol–water partition coefficient (Wildman–Crippen LogP) is 5.40. The summed E-state index contributed by atoms with van der Waals surface area (Å²) in [6.07, 6.45) is 5.41. The van der Waals surface area contributed by atoms with Gasteiger partial charge in [-0.15, -0.1) is 30.3 Å². The first-order chi connectivity index (χ1) is 16.5. The van der Waals surface area contributed by atoms with Gasteiger partial charge in [0, 0.05) is 30.2 Å². The molecule has 5 aromatic rings. The van der Waals surface area contributed by atoms with Crippen LogP contribution in [-0.4, -0.2) is 24.5 Å². The quantitative estimate of drug-likeness (QED) is 0.247. The third kappa shape index (κ3) is 7.24. The molecule has 0 spiro atoms. The average molecular weight is 646 g/mol. The second-order valence-electron chi connectivity index (χ2n) is 6.98. The number of benzene rings is 2. The van der Waals surface area contributed by atoms with Crippen LogP contribution in [0, 0.1) is 49.4 Å². The van der Waals surface area contributed by atoms with E-state index in [1.807, 2.05) is 65.9 Å². The molecule has 2 aromatic carbocycles. The molecule has 3 aromatic heterocycles. The molecule has 0 saturated heterocycles. The van der Waals surface area contributed by atoms with Crippen molar-refractivity contribution >= 4 is 0 Å². The minimum atomic E-state index is -0.649. The van der Waals surface area contributed by atoms with Gasteiger partial charge >= 0.3 is 20.1 Å². The standard InChI is InChI=1S/C14H13N4.C11H6F2N.CN.Ir/c1-11-6-8-17(15-11)13-4-3-5-14(10-13)18-9-7-12(2)16-18;12-8-4-5-9(10(13)7-8)11-3-1-2-6-14-11;1-2;/h3-9H,1-2H3;1-4,6-7H;;/q3*-1;+3. The van der Waals surface area contributed by atoms with Crippen molar-refractivity contribution < 1.29 is 28.9 Å². The molecular formula is C26H19F2IrN6. The Morgan fingerprint density at radius 2 is 1.46 bits per heavy atom. The van der Waals surface area contributed by atoms with Crippen LogP contribution < -0.4 is 0 Å². The van der Waals surface area contributed by atoms with E-state index in [-0.39, 0.29) is 25.7 Å². The molecule has 9 heteroatoms. The first-order valence-electron chi connectivity index (χ1n) is 10.1. The largest absolute Gasteiger partial charge is 3.00 e. The van der Waals surface area contributed by atoms with Crippen molar-refractivity contribution in [3.8, 4) is 22.6 Å². The number of aryl methyl sites for hydroxylation is 2. The van der Waals surface area contributed by atoms with Crippen LogP contribution in [0.2, 0.25) is 0 Å². The molecule has 0 aliphatic rings. The SMILES string of the molecule is Cc1ccn(-c2[c-]c(-n3ccc(C)n3)ccc2)n1.Fc1c[c-]c(-c2ccccn2)c(F)c1.[C-]#N.[Ir+3]. The maximum atomic E-state index is 13.2. The van der Waals surface area contributed by atoms with E-state index in [0.29, 0.717) is 5.69 Å². The van der Waals surface area contributed by atoms with Gasteiger partial charge in [-0.1, -0.05) is 23.8 Å². The number of pyridine rings is 1. The Kier molecular flexibility index (Phi) is 10.2. The topological polar surface area (TPSA) is 72.3 Å². The fourth-order valence-electron chi connectivity index (χ4n) is 2.96. The van der Waals surface area contributed by atoms with E-state index in [4.69, 9.17) is 11.8 Å². The van der Waals surface area contributed by atoms with Gasteiger partial charge in [0.2, 0.25) is 0 Å². The van der Waals surface area contributed by atoms with Crippen molar-refractivity contribution in [1.82, 2.24) is 24.5 Å². The fraction of sp³-hybridized carbons (Fsp3) is 0.0769. The summed E-state index contributed by atoms with van der Waals surface area (Å²) >= 11 is 0. The summed E-state index contributed by atoms with van der Waals surface area (Å²) in [6.45, 7) is 8.69. The summed E-state index contributed by atoms with van der Waals surface area (Å²) in [5.41, 5.74) is 4.44. The molecule has 6 nitrogen and oxygen atoms in total. The maximum absolute atomic E-state index is 13.2. The van der Waals surface area contributed by atoms with Gasteiger partial charge in [0.25, 0.3) is 0 Å². The Labute approximate surface area is 215 Å². The van der Waals surface area contributed by atoms with Crippen LogP contribution in [0.3, 0.4) is 0 Å². The number of nitrogens with zero attached hydrogens (tertiary/aromatic N) is 6. The summed E-state index contributed by atoms with van der Waals surface area (Å²) in [5.74, 6) is -1.29. The van der Waals surface area contributed by atoms with Crippen LogP contribution in [0.1, 0.15) is 11.4 Å². The van der Waals surface area contributed by atoms with Crippen molar-refractivity contribution in [3.05, 3.63) is 121 Å². The van der Waals surface area contributed by atoms with E-state index in [1.54, 1.807) is 24.4 Å². The summed E-state index contributed by atoms with van der Waals surface area (Å²) in [7, 11) is 0. The van der Waals surface area contributed by atoms with Crippen LogP contribution in [0.25, 0.3) is 22.6 Å². The molecule has 3 heterocycles. The van der Waals surface area contributed by atoms with Crippen LogP contribution >= 0.6 is 0 Å². The molecule has 176 valence electrons. The number of aromatic nitrogens is 5. The summed E-state index contributed by atoms with van der Waals surface area (Å²) in [6, 6.07) is 22.7. The van der Waals surface area contributed by atoms with Gasteiger partial charge < -0.3 is 16.8 Å². The molecule has 5 rings (SSSR count). The third-order valence-corrected chi connectivity index (χ3v) is 4.48. The number of halogens is 2. The second kappa shape index (κ2) is 13.0. The molecule has 35 heavy (non-hydrogen) atoms. The first kappa shape index (κ1) is 27.3. The molecular weight excluding hydrogens is 627 g/mol. The molecule has 0 radical (unpaired) electrons. The van der Waals surface area contributed by atoms with E-state index in [9.17, 15) is 8.78 Å². The zero-order valence-electron chi connectivity index (χ0n) is 18.8. The summed E-state index contributed by atoms with van der Waals surface area (Å²) < 4.78 is 29.4. The molecule has 0 N–H and O–H groups in total. The Balaban J connectivity index is 0.000000231. The predicted molar refractivity (Wildman–Crippen MR) is 122 cm³/mol. The van der Waals surface area contributed by atoms with E-state index in [2.05, 4.69) is 27.3 Å². The van der Waals surface area contributed by atoms with E-state index < -0.39 is 11.6 Å². The van der Waals surface area contributed by atoms with Gasteiger partial charge in [-0.3, -0.25) is 18.1 Å². The number of rotatable bonds is 3. The molecule has 0 unspecified atom stereocenters. The average Bonchev–Trinajstić information content (AvgIpc) is 3.50. The molecule has 0 amide bonds. The Morgan fingerprint density at radius 3 is 1.91 bits per heavy atom. The van der Waals surface area contributed by atoms with Gasteiger partial charge in [0.05, 0.1) is 11.4 Å². The summed E-state index contributed by atoms with van der Waals surface area (Å²) in [4.78, 5) is 3.95. The summed E-state index contributed by atoms with van der Waals surface area (Å²) in [5, 5.41) is 15.0. The van der Waals surface area contributed by atoms with E-state index in [0.717, 1.165) is 34.9 Å². The normalized spacial score (nSPS) is 9.66. The third-order valence-electron chi connectivity index (χ3n) is 4.48. The number of hydrogen-bond donors (Lipinski definition) is 0. The van der Waals surface area contributed by atoms with Crippen molar-refractivity contribution in [1.29, 1.82) is 5.26 Å². The zero-order chi connectivity index (χ0) is 24.5. The van der Waals surface area contributed by atoms with Crippen LogP contribution in [0.15, 0.2) is 79.3 Å². The van der Waals surface area contributed by atoms with E-state index >= 15 is 0 Å². The molecule has 0 aliphatic heterocycles. The van der Waals surface area contributed by atoms with Gasteiger partial charge in [-0.25, -0.2) is 0 Å². The van der Waals surface area contributed by atoms with Crippen molar-refractivity contribution in [2.45, 2.75) is 13.8 Å². The fourth-order valence-corrected chi connectivity index (χ4v) is 2.96. The van der Waals surface area contributed by atoms with Gasteiger partial charge in [0.1, 0.15) is 0 Å². The van der Waals surface area contributed by atoms with Gasteiger partial charge in [-0.05, 0) is 49.1 Å². The van der Waals surface area contributed by atoms with Crippen molar-refractivity contribution in [2.75, 3.05) is 0 Å². The molecule has 0 fully saturated rings. The maximum Gasteiger partial charge on any atom is 3.00 e. The van der Waals surface area contributed by atoms with Gasteiger partial charge in [-0.2, -0.15) is 16.3 Å². The molecule has 0 atom stereocenters. The second-order valence-corrected chi connectivity index (χ2v) is 6.98. The van der Waals surface area contributed by atoms with Crippen molar-refractivity contribution in [2.24, 2.45) is 0 Å². The number of hydrogen-bond acceptors (Lipinski definition) is 4. The molecule has 0 saturated carbocycles. The van der Waals surface area contributed by atoms with Crippen molar-refractivity contribution in [3.63, 3.8) is 0 Å². The minimum Gasteiger partial charge on any atom is -0.512 e. The minimum absolute atomic E-state index is 0. The monoisotopic (exact) mass is 646 g/mol. The van der Waals surface area contributed by atoms with Crippen LogP contribution in [0.4, 0.5) is 8.78 Å². The molecule has 0 bridgehead atoms. The van der Waals surface area contributed by atoms with E-state index in [1.165, 1.54) is 0 Å². The Bertz CT molecular complexity index is 1320. The van der Waals surface area contributed by atoms with Crippen LogP contribution in [-0.2, 0) is 20.1 Å². The Hall–Kier alpha value is -3.99. The van der Waals surface area contributed by atoms with Crippen LogP contribution in [0.5, 0.6) is 0 Å².